The van der Waals surface area contributed by atoms with Crippen molar-refractivity contribution in [3.63, 3.8) is 0 Å². The maximum Gasteiger partial charge on any atom is 0.417 e. The molecule has 0 fully saturated rings. The molecule has 13 heavy (non-hydrogen) atoms. The third-order valence-corrected chi connectivity index (χ3v) is 2.45. The number of rotatable bonds is 0. The van der Waals surface area contributed by atoms with Gasteiger partial charge in [0.05, 0.1) is 10.6 Å². The molecule has 0 aliphatic rings. The van der Waals surface area contributed by atoms with E-state index in [0.29, 0.717) is 5.56 Å². The van der Waals surface area contributed by atoms with E-state index in [1.807, 2.05) is 0 Å². The highest BCUT2D eigenvalue weighted by Gasteiger charge is 2.33. The molecule has 4 heteroatoms. The van der Waals surface area contributed by atoms with Crippen LogP contribution in [-0.4, -0.2) is 0 Å². The molecule has 1 aromatic carbocycles. The zero-order valence-electron chi connectivity index (χ0n) is 7.17. The highest BCUT2D eigenvalue weighted by atomic mass is 35.5. The molecular weight excluding hydrogens is 201 g/mol. The zero-order chi connectivity index (χ0) is 10.2. The summed E-state index contributed by atoms with van der Waals surface area (Å²) in [4.78, 5) is 0. The summed E-state index contributed by atoms with van der Waals surface area (Å²) in [6.45, 7) is 3.30. The quantitative estimate of drug-likeness (QED) is 0.605. The highest BCUT2D eigenvalue weighted by Crippen LogP contribution is 2.36. The van der Waals surface area contributed by atoms with E-state index < -0.39 is 11.7 Å². The summed E-state index contributed by atoms with van der Waals surface area (Å²) in [6.07, 6.45) is -4.37. The molecule has 0 heterocycles. The van der Waals surface area contributed by atoms with Crippen LogP contribution in [0.15, 0.2) is 12.1 Å². The first-order valence-electron chi connectivity index (χ1n) is 3.67. The number of halogens is 4. The Morgan fingerprint density at radius 2 is 1.69 bits per heavy atom. The third-order valence-electron chi connectivity index (χ3n) is 1.96. The summed E-state index contributed by atoms with van der Waals surface area (Å²) >= 11 is 5.56. The molecule has 0 aliphatic carbocycles. The van der Waals surface area contributed by atoms with E-state index in [4.69, 9.17) is 11.6 Å². The first kappa shape index (κ1) is 10.4. The lowest BCUT2D eigenvalue weighted by atomic mass is 10.1. The van der Waals surface area contributed by atoms with E-state index in [1.54, 1.807) is 13.8 Å². The summed E-state index contributed by atoms with van der Waals surface area (Å²) in [5.41, 5.74) is 0.478. The second kappa shape index (κ2) is 3.22. The van der Waals surface area contributed by atoms with Crippen molar-refractivity contribution in [2.24, 2.45) is 0 Å². The fourth-order valence-corrected chi connectivity index (χ4v) is 1.32. The number of hydrogen-bond acceptors (Lipinski definition) is 0. The average Bonchev–Trinajstić information content (AvgIpc) is 1.98. The lowest BCUT2D eigenvalue weighted by molar-refractivity contribution is -0.137. The van der Waals surface area contributed by atoms with Crippen LogP contribution in [0, 0.1) is 13.8 Å². The summed E-state index contributed by atoms with van der Waals surface area (Å²) in [5, 5.41) is -0.201. The summed E-state index contributed by atoms with van der Waals surface area (Å²) in [6, 6.07) is 2.43. The van der Waals surface area contributed by atoms with Crippen molar-refractivity contribution in [2.45, 2.75) is 20.0 Å². The van der Waals surface area contributed by atoms with Crippen LogP contribution in [0.25, 0.3) is 0 Å². The average molecular weight is 209 g/mol. The van der Waals surface area contributed by atoms with Gasteiger partial charge in [-0.2, -0.15) is 13.2 Å². The lowest BCUT2D eigenvalue weighted by Crippen LogP contribution is -2.06. The van der Waals surface area contributed by atoms with Crippen LogP contribution in [0.3, 0.4) is 0 Å². The van der Waals surface area contributed by atoms with Gasteiger partial charge in [0, 0.05) is 0 Å². The summed E-state index contributed by atoms with van der Waals surface area (Å²) in [5.74, 6) is 0. The van der Waals surface area contributed by atoms with Gasteiger partial charge >= 0.3 is 6.18 Å². The number of alkyl halides is 3. The molecule has 0 unspecified atom stereocenters. The molecule has 0 saturated carbocycles. The van der Waals surface area contributed by atoms with Crippen LogP contribution in [0.1, 0.15) is 16.7 Å². The van der Waals surface area contributed by atoms with Crippen LogP contribution in [0.2, 0.25) is 5.02 Å². The maximum atomic E-state index is 12.3. The van der Waals surface area contributed by atoms with Gasteiger partial charge in [-0.25, -0.2) is 0 Å². The van der Waals surface area contributed by atoms with Gasteiger partial charge in [-0.15, -0.1) is 0 Å². The minimum atomic E-state index is -4.37. The minimum absolute atomic E-state index is 0.201. The number of hydrogen-bond donors (Lipinski definition) is 0. The van der Waals surface area contributed by atoms with Gasteiger partial charge < -0.3 is 0 Å². The van der Waals surface area contributed by atoms with Crippen molar-refractivity contribution in [1.29, 1.82) is 0 Å². The molecule has 0 atom stereocenters. The largest absolute Gasteiger partial charge is 0.417 e. The van der Waals surface area contributed by atoms with Gasteiger partial charge in [-0.1, -0.05) is 17.7 Å². The van der Waals surface area contributed by atoms with Crippen molar-refractivity contribution in [3.8, 4) is 0 Å². The predicted molar refractivity (Wildman–Crippen MR) is 45.9 cm³/mol. The first-order chi connectivity index (χ1) is 5.84. The van der Waals surface area contributed by atoms with Gasteiger partial charge in [0.15, 0.2) is 0 Å². The Hall–Kier alpha value is -0.700. The molecule has 0 N–H and O–H groups in total. The van der Waals surface area contributed by atoms with Crippen molar-refractivity contribution < 1.29 is 13.2 Å². The SMILES string of the molecule is Cc1ccc(C(F)(F)F)c(Cl)c1C. The van der Waals surface area contributed by atoms with Gasteiger partial charge in [0.2, 0.25) is 0 Å². The van der Waals surface area contributed by atoms with Crippen molar-refractivity contribution in [3.05, 3.63) is 33.8 Å². The number of aryl methyl sites for hydroxylation is 1. The van der Waals surface area contributed by atoms with Gasteiger partial charge in [0.1, 0.15) is 0 Å². The number of benzene rings is 1. The van der Waals surface area contributed by atoms with Crippen molar-refractivity contribution in [2.75, 3.05) is 0 Å². The van der Waals surface area contributed by atoms with Crippen LogP contribution in [0.5, 0.6) is 0 Å². The normalized spacial score (nSPS) is 11.8. The molecule has 0 aromatic heterocycles. The Bertz CT molecular complexity index is 328. The molecule has 0 amide bonds. The second-order valence-corrected chi connectivity index (χ2v) is 3.24. The van der Waals surface area contributed by atoms with E-state index in [0.717, 1.165) is 11.6 Å². The van der Waals surface area contributed by atoms with E-state index in [-0.39, 0.29) is 5.02 Å². The highest BCUT2D eigenvalue weighted by molar-refractivity contribution is 6.32. The predicted octanol–water partition coefficient (Wildman–Crippen LogP) is 3.98. The van der Waals surface area contributed by atoms with Crippen LogP contribution < -0.4 is 0 Å². The monoisotopic (exact) mass is 208 g/mol. The van der Waals surface area contributed by atoms with Gasteiger partial charge in [-0.3, -0.25) is 0 Å². The fourth-order valence-electron chi connectivity index (χ4n) is 1.00. The molecule has 0 spiro atoms. The van der Waals surface area contributed by atoms with Gasteiger partial charge in [0.25, 0.3) is 0 Å². The molecule has 0 aliphatic heterocycles. The molecule has 1 rings (SSSR count). The Morgan fingerprint density at radius 1 is 1.15 bits per heavy atom. The second-order valence-electron chi connectivity index (χ2n) is 2.87. The van der Waals surface area contributed by atoms with E-state index in [9.17, 15) is 13.2 Å². The molecule has 0 bridgehead atoms. The molecule has 0 saturated heterocycles. The maximum absolute atomic E-state index is 12.3. The first-order valence-corrected chi connectivity index (χ1v) is 4.04. The van der Waals surface area contributed by atoms with Crippen LogP contribution in [0.4, 0.5) is 13.2 Å². The van der Waals surface area contributed by atoms with E-state index >= 15 is 0 Å². The topological polar surface area (TPSA) is 0 Å². The van der Waals surface area contributed by atoms with Crippen molar-refractivity contribution >= 4 is 11.6 Å². The van der Waals surface area contributed by atoms with Gasteiger partial charge in [-0.05, 0) is 31.0 Å². The minimum Gasteiger partial charge on any atom is -0.166 e. The molecule has 0 nitrogen and oxygen atoms in total. The Kier molecular flexibility index (Phi) is 2.57. The molecule has 1 aromatic rings. The zero-order valence-corrected chi connectivity index (χ0v) is 7.92. The standard InChI is InChI=1S/C9H8ClF3/c1-5-3-4-7(9(11,12)13)8(10)6(5)2/h3-4H,1-2H3. The summed E-state index contributed by atoms with van der Waals surface area (Å²) < 4.78 is 36.8. The Morgan fingerprint density at radius 3 is 2.15 bits per heavy atom. The summed E-state index contributed by atoms with van der Waals surface area (Å²) in [7, 11) is 0. The fraction of sp³-hybridized carbons (Fsp3) is 0.333. The molecule has 72 valence electrons. The third kappa shape index (κ3) is 1.97. The molecular formula is C9H8ClF3. The van der Waals surface area contributed by atoms with E-state index in [2.05, 4.69) is 0 Å². The molecule has 0 radical (unpaired) electrons. The van der Waals surface area contributed by atoms with Crippen LogP contribution in [-0.2, 0) is 6.18 Å². The Balaban J connectivity index is 3.35. The Labute approximate surface area is 79.3 Å². The van der Waals surface area contributed by atoms with E-state index in [1.165, 1.54) is 6.07 Å². The van der Waals surface area contributed by atoms with Crippen LogP contribution >= 0.6 is 11.6 Å². The van der Waals surface area contributed by atoms with Crippen molar-refractivity contribution in [1.82, 2.24) is 0 Å². The smallest absolute Gasteiger partial charge is 0.166 e. The lowest BCUT2D eigenvalue weighted by Gasteiger charge is -2.11.